The van der Waals surface area contributed by atoms with Crippen LogP contribution in [0, 0.1) is 6.92 Å². The Balaban J connectivity index is 2.39. The monoisotopic (exact) mass is 258 g/mol. The third kappa shape index (κ3) is 2.63. The molecule has 4 heteroatoms. The van der Waals surface area contributed by atoms with E-state index in [2.05, 4.69) is 58.0 Å². The average Bonchev–Trinajstić information content (AvgIpc) is 2.67. The molecule has 0 saturated carbocycles. The first-order chi connectivity index (χ1) is 9.04. The van der Waals surface area contributed by atoms with Gasteiger partial charge in [-0.1, -0.05) is 0 Å². The van der Waals surface area contributed by atoms with Crippen LogP contribution in [0.5, 0.6) is 0 Å². The topological polar surface area (TPSA) is 33.1 Å². The second-order valence-corrected chi connectivity index (χ2v) is 5.00. The van der Waals surface area contributed by atoms with Gasteiger partial charge in [0.2, 0.25) is 0 Å². The Labute approximate surface area is 115 Å². The molecule has 4 nitrogen and oxygen atoms in total. The number of aryl methyl sites for hydroxylation is 1. The van der Waals surface area contributed by atoms with E-state index in [9.17, 15) is 0 Å². The predicted molar refractivity (Wildman–Crippen MR) is 80.5 cm³/mol. The molecular weight excluding hydrogens is 236 g/mol. The number of nitrogens with one attached hydrogen (secondary N) is 1. The summed E-state index contributed by atoms with van der Waals surface area (Å²) in [7, 11) is 8.12. The molecule has 102 valence electrons. The summed E-state index contributed by atoms with van der Waals surface area (Å²) in [6, 6.07) is 8.49. The summed E-state index contributed by atoms with van der Waals surface area (Å²) in [4.78, 5) is 6.78. The zero-order valence-corrected chi connectivity index (χ0v) is 12.4. The molecule has 1 heterocycles. The zero-order valence-electron chi connectivity index (χ0n) is 12.4. The van der Waals surface area contributed by atoms with Crippen molar-refractivity contribution >= 4 is 5.69 Å². The van der Waals surface area contributed by atoms with Crippen LogP contribution >= 0.6 is 0 Å². The van der Waals surface area contributed by atoms with Crippen LogP contribution in [0.15, 0.2) is 24.3 Å². The summed E-state index contributed by atoms with van der Waals surface area (Å²) in [5.74, 6) is 1.02. The van der Waals surface area contributed by atoms with Gasteiger partial charge in [0.1, 0.15) is 5.82 Å². The third-order valence-electron chi connectivity index (χ3n) is 3.40. The summed E-state index contributed by atoms with van der Waals surface area (Å²) in [5.41, 5.74) is 4.67. The number of benzene rings is 1. The van der Waals surface area contributed by atoms with Gasteiger partial charge in [0.05, 0.1) is 11.4 Å². The van der Waals surface area contributed by atoms with Gasteiger partial charge in [-0.05, 0) is 38.2 Å². The molecule has 0 bridgehead atoms. The fourth-order valence-electron chi connectivity index (χ4n) is 2.25. The maximum absolute atomic E-state index is 4.68. The molecule has 1 aromatic heterocycles. The molecule has 19 heavy (non-hydrogen) atoms. The fraction of sp³-hybridized carbons (Fsp3) is 0.400. The molecule has 0 saturated heterocycles. The molecule has 0 aliphatic carbocycles. The van der Waals surface area contributed by atoms with Crippen LogP contribution in [0.1, 0.15) is 11.4 Å². The van der Waals surface area contributed by atoms with Gasteiger partial charge < -0.3 is 14.8 Å². The lowest BCUT2D eigenvalue weighted by molar-refractivity contribution is 0.732. The lowest BCUT2D eigenvalue weighted by atomic mass is 10.2. The van der Waals surface area contributed by atoms with E-state index in [1.807, 2.05) is 21.1 Å². The molecule has 0 aliphatic rings. The first-order valence-electron chi connectivity index (χ1n) is 6.49. The maximum Gasteiger partial charge on any atom is 0.140 e. The number of aromatic nitrogens is 2. The van der Waals surface area contributed by atoms with E-state index in [1.54, 1.807) is 0 Å². The highest BCUT2D eigenvalue weighted by Gasteiger charge is 2.12. The van der Waals surface area contributed by atoms with Crippen LogP contribution in [0.25, 0.3) is 11.4 Å². The Morgan fingerprint density at radius 2 is 1.84 bits per heavy atom. The summed E-state index contributed by atoms with van der Waals surface area (Å²) < 4.78 is 2.16. The molecule has 2 rings (SSSR count). The third-order valence-corrected chi connectivity index (χ3v) is 3.40. The minimum absolute atomic E-state index is 0.838. The molecule has 0 fully saturated rings. The largest absolute Gasteiger partial charge is 0.378 e. The van der Waals surface area contributed by atoms with E-state index in [0.29, 0.717) is 0 Å². The van der Waals surface area contributed by atoms with Crippen LogP contribution in [0.3, 0.4) is 0 Å². The molecule has 0 spiro atoms. The van der Waals surface area contributed by atoms with Crippen LogP contribution in [0.2, 0.25) is 0 Å². The van der Waals surface area contributed by atoms with E-state index in [4.69, 9.17) is 0 Å². The Kier molecular flexibility index (Phi) is 3.90. The molecule has 0 radical (unpaired) electrons. The number of anilines is 1. The Morgan fingerprint density at radius 3 is 2.37 bits per heavy atom. The summed E-state index contributed by atoms with van der Waals surface area (Å²) in [5, 5.41) is 3.19. The van der Waals surface area contributed by atoms with Crippen molar-refractivity contribution in [2.24, 2.45) is 7.05 Å². The van der Waals surface area contributed by atoms with Gasteiger partial charge in [-0.25, -0.2) is 4.98 Å². The standard InChI is InChI=1S/C15H22N4/c1-11-14(10-16-2)19(5)15(17-11)12-6-8-13(9-7-12)18(3)4/h6-9,16H,10H2,1-5H3. The van der Waals surface area contributed by atoms with Crippen molar-refractivity contribution in [2.75, 3.05) is 26.0 Å². The van der Waals surface area contributed by atoms with Gasteiger partial charge >= 0.3 is 0 Å². The SMILES string of the molecule is CNCc1c(C)nc(-c2ccc(N(C)C)cc2)n1C. The first kappa shape index (κ1) is 13.6. The van der Waals surface area contributed by atoms with E-state index in [0.717, 1.165) is 23.6 Å². The van der Waals surface area contributed by atoms with Crippen molar-refractivity contribution in [3.8, 4) is 11.4 Å². The normalized spacial score (nSPS) is 10.8. The van der Waals surface area contributed by atoms with E-state index < -0.39 is 0 Å². The van der Waals surface area contributed by atoms with Crippen molar-refractivity contribution in [3.05, 3.63) is 35.7 Å². The van der Waals surface area contributed by atoms with Gasteiger partial charge in [-0.2, -0.15) is 0 Å². The highest BCUT2D eigenvalue weighted by atomic mass is 15.1. The van der Waals surface area contributed by atoms with Gasteiger partial charge in [0, 0.05) is 38.9 Å². The molecular formula is C15H22N4. The molecule has 0 unspecified atom stereocenters. The predicted octanol–water partition coefficient (Wildman–Crippen LogP) is 2.18. The highest BCUT2D eigenvalue weighted by Crippen LogP contribution is 2.23. The van der Waals surface area contributed by atoms with Gasteiger partial charge in [0.15, 0.2) is 0 Å². The summed E-state index contributed by atoms with van der Waals surface area (Å²) >= 11 is 0. The number of rotatable bonds is 4. The average molecular weight is 258 g/mol. The van der Waals surface area contributed by atoms with Crippen molar-refractivity contribution in [1.82, 2.24) is 14.9 Å². The van der Waals surface area contributed by atoms with E-state index >= 15 is 0 Å². The highest BCUT2D eigenvalue weighted by molar-refractivity contribution is 5.61. The van der Waals surface area contributed by atoms with E-state index in [-0.39, 0.29) is 0 Å². The van der Waals surface area contributed by atoms with Crippen molar-refractivity contribution < 1.29 is 0 Å². The minimum atomic E-state index is 0.838. The van der Waals surface area contributed by atoms with Crippen molar-refractivity contribution in [3.63, 3.8) is 0 Å². The van der Waals surface area contributed by atoms with Crippen LogP contribution in [0.4, 0.5) is 5.69 Å². The Morgan fingerprint density at radius 1 is 1.21 bits per heavy atom. The lowest BCUT2D eigenvalue weighted by Crippen LogP contribution is -2.10. The lowest BCUT2D eigenvalue weighted by Gasteiger charge is -2.12. The molecule has 1 N–H and O–H groups in total. The fourth-order valence-corrected chi connectivity index (χ4v) is 2.25. The molecule has 0 amide bonds. The van der Waals surface area contributed by atoms with Crippen LogP contribution in [-0.2, 0) is 13.6 Å². The molecule has 2 aromatic rings. The summed E-state index contributed by atoms with van der Waals surface area (Å²) in [6.45, 7) is 2.90. The van der Waals surface area contributed by atoms with Crippen LogP contribution < -0.4 is 10.2 Å². The molecule has 0 aliphatic heterocycles. The number of nitrogens with zero attached hydrogens (tertiary/aromatic N) is 3. The quantitative estimate of drug-likeness (QED) is 0.912. The molecule has 0 atom stereocenters. The van der Waals surface area contributed by atoms with Gasteiger partial charge in [-0.3, -0.25) is 0 Å². The number of hydrogen-bond donors (Lipinski definition) is 1. The zero-order chi connectivity index (χ0) is 14.0. The van der Waals surface area contributed by atoms with Crippen LogP contribution in [-0.4, -0.2) is 30.7 Å². The van der Waals surface area contributed by atoms with Gasteiger partial charge in [-0.15, -0.1) is 0 Å². The second-order valence-electron chi connectivity index (χ2n) is 5.00. The van der Waals surface area contributed by atoms with Crippen molar-refractivity contribution in [1.29, 1.82) is 0 Å². The Bertz CT molecular complexity index is 552. The van der Waals surface area contributed by atoms with E-state index in [1.165, 1.54) is 11.4 Å². The van der Waals surface area contributed by atoms with Crippen molar-refractivity contribution in [2.45, 2.75) is 13.5 Å². The second kappa shape index (κ2) is 5.45. The number of hydrogen-bond acceptors (Lipinski definition) is 3. The maximum atomic E-state index is 4.68. The van der Waals surface area contributed by atoms with Gasteiger partial charge in [0.25, 0.3) is 0 Å². The Hall–Kier alpha value is -1.81. The number of imidazole rings is 1. The first-order valence-corrected chi connectivity index (χ1v) is 6.49. The minimum Gasteiger partial charge on any atom is -0.378 e. The molecule has 1 aromatic carbocycles. The smallest absolute Gasteiger partial charge is 0.140 e. The summed E-state index contributed by atoms with van der Waals surface area (Å²) in [6.07, 6.45) is 0.